The fourth-order valence-corrected chi connectivity index (χ4v) is 7.14. The van der Waals surface area contributed by atoms with Crippen LogP contribution in [0, 0.1) is 0 Å². The maximum absolute atomic E-state index is 10.4. The summed E-state index contributed by atoms with van der Waals surface area (Å²) in [6.07, 6.45) is 47.0. The fourth-order valence-electron chi connectivity index (χ4n) is 6.43. The molecule has 0 aliphatic rings. The van der Waals surface area contributed by atoms with E-state index in [0.29, 0.717) is 0 Å². The number of rotatable bonds is 38. The molecule has 1 N–H and O–H groups in total. The van der Waals surface area contributed by atoms with Crippen molar-refractivity contribution in [3.05, 3.63) is 0 Å². The highest BCUT2D eigenvalue weighted by Gasteiger charge is 2.04. The fraction of sp³-hybridized carbons (Fsp3) is 1.00. The second kappa shape index (κ2) is 42.2. The van der Waals surface area contributed by atoms with E-state index in [0.717, 1.165) is 0 Å². The number of phosphoric acid groups is 1. The molecule has 0 unspecified atom stereocenters. The Morgan fingerprint density at radius 2 is 0.574 bits per heavy atom. The van der Waals surface area contributed by atoms with E-state index >= 15 is 0 Å². The lowest BCUT2D eigenvalue weighted by Gasteiger charge is -2.20. The smallest absolute Gasteiger partial charge is 0.267 e. The molecule has 286 valence electrons. The summed E-state index contributed by atoms with van der Waals surface area (Å²) in [7, 11) is -1.52. The van der Waals surface area contributed by atoms with Gasteiger partial charge in [-0.05, 0) is 39.5 Å². The van der Waals surface area contributed by atoms with Crippen molar-refractivity contribution in [2.45, 2.75) is 233 Å². The molecule has 0 aromatic carbocycles. The van der Waals surface area contributed by atoms with Crippen LogP contribution in [0.2, 0.25) is 0 Å². The molecule has 0 heterocycles. The highest BCUT2D eigenvalue weighted by atomic mass is 31.2. The van der Waals surface area contributed by atoms with Crippen molar-refractivity contribution in [1.29, 1.82) is 0 Å². The van der Waals surface area contributed by atoms with Gasteiger partial charge in [0.15, 0.2) is 0 Å². The van der Waals surface area contributed by atoms with Crippen molar-refractivity contribution < 1.29 is 23.4 Å². The van der Waals surface area contributed by atoms with Crippen molar-refractivity contribution >= 4 is 7.82 Å². The molecule has 0 rings (SSSR count). The van der Waals surface area contributed by atoms with E-state index in [9.17, 15) is 9.46 Å². The summed E-state index contributed by atoms with van der Waals surface area (Å²) >= 11 is 0. The third-order valence-corrected chi connectivity index (χ3v) is 10.6. The third-order valence-electron chi connectivity index (χ3n) is 9.49. The van der Waals surface area contributed by atoms with Gasteiger partial charge in [-0.2, -0.15) is 0 Å². The molecule has 0 aliphatic heterocycles. The molecule has 0 fully saturated rings. The molecule has 0 saturated heterocycles. The molecule has 47 heavy (non-hydrogen) atoms. The maximum atomic E-state index is 10.4. The van der Waals surface area contributed by atoms with Gasteiger partial charge in [0.05, 0.1) is 33.4 Å². The van der Waals surface area contributed by atoms with Crippen molar-refractivity contribution in [2.24, 2.45) is 0 Å². The predicted molar refractivity (Wildman–Crippen MR) is 207 cm³/mol. The summed E-state index contributed by atoms with van der Waals surface area (Å²) < 4.78 is 18.9. The number of quaternary nitrogens is 1. The molecule has 0 bridgehead atoms. The highest BCUT2D eigenvalue weighted by Crippen LogP contribution is 2.37. The van der Waals surface area contributed by atoms with Gasteiger partial charge >= 0.3 is 0 Å². The van der Waals surface area contributed by atoms with Crippen LogP contribution >= 0.6 is 7.82 Å². The Morgan fingerprint density at radius 1 is 0.383 bits per heavy atom. The third kappa shape index (κ3) is 46.1. The van der Waals surface area contributed by atoms with Gasteiger partial charge in [0.25, 0.3) is 7.82 Å². The average molecular weight is 690 g/mol. The zero-order chi connectivity index (χ0) is 34.9. The lowest BCUT2D eigenvalue weighted by molar-refractivity contribution is -0.880. The van der Waals surface area contributed by atoms with Crippen molar-refractivity contribution in [2.75, 3.05) is 33.4 Å². The molecule has 6 heteroatoms. The SMILES string of the molecule is CCCCCCCCCCCCCCCCCC[NH+](C)CCCCCCCCCCCCCCCCCC.CCOP(=O)([O-])OCC. The van der Waals surface area contributed by atoms with Crippen LogP contribution in [0.5, 0.6) is 0 Å². The first-order chi connectivity index (χ1) is 22.9. The van der Waals surface area contributed by atoms with Gasteiger partial charge in [0.1, 0.15) is 0 Å². The molecular weight excluding hydrogens is 601 g/mol. The van der Waals surface area contributed by atoms with Gasteiger partial charge in [-0.3, -0.25) is 4.57 Å². The first-order valence-electron chi connectivity index (χ1n) is 21.3. The van der Waals surface area contributed by atoms with Gasteiger partial charge in [-0.1, -0.05) is 194 Å². The summed E-state index contributed by atoms with van der Waals surface area (Å²) in [5, 5.41) is 0. The largest absolute Gasteiger partial charge is 0.756 e. The van der Waals surface area contributed by atoms with Crippen LogP contribution in [-0.4, -0.2) is 33.4 Å². The van der Waals surface area contributed by atoms with E-state index in [1.165, 1.54) is 219 Å². The van der Waals surface area contributed by atoms with E-state index in [4.69, 9.17) is 0 Å². The van der Waals surface area contributed by atoms with E-state index in [1.54, 1.807) is 18.7 Å². The molecule has 5 nitrogen and oxygen atoms in total. The Kier molecular flexibility index (Phi) is 44.2. The first kappa shape index (κ1) is 49.2. The van der Waals surface area contributed by atoms with Crippen LogP contribution in [0.4, 0.5) is 0 Å². The van der Waals surface area contributed by atoms with Crippen LogP contribution in [-0.2, 0) is 13.6 Å². The normalized spacial score (nSPS) is 11.7. The number of phosphoric ester groups is 1. The quantitative estimate of drug-likeness (QED) is 0.0518. The molecule has 0 aromatic heterocycles. The summed E-state index contributed by atoms with van der Waals surface area (Å²) in [6, 6.07) is 0. The second-order valence-corrected chi connectivity index (χ2v) is 15.8. The number of hydrogen-bond donors (Lipinski definition) is 1. The van der Waals surface area contributed by atoms with Crippen LogP contribution in [0.1, 0.15) is 233 Å². The standard InChI is InChI=1S/C37H77N.C4H11O4P/c1-4-6-8-10-12-14-16-18-20-22-24-26-28-30-32-34-36-38(3)37-35-33-31-29-27-25-23-21-19-17-15-13-11-9-7-5-2;1-3-7-9(5,6)8-4-2/h4-37H2,1-3H3;3-4H2,1-2H3,(H,5,6). The van der Waals surface area contributed by atoms with Gasteiger partial charge in [-0.25, -0.2) is 0 Å². The Morgan fingerprint density at radius 3 is 0.766 bits per heavy atom. The topological polar surface area (TPSA) is 63.0 Å². The minimum Gasteiger partial charge on any atom is -0.756 e. The van der Waals surface area contributed by atoms with Crippen LogP contribution in [0.15, 0.2) is 0 Å². The molecule has 0 atom stereocenters. The second-order valence-electron chi connectivity index (χ2n) is 14.3. The number of unbranched alkanes of at least 4 members (excludes halogenated alkanes) is 30. The van der Waals surface area contributed by atoms with Crippen molar-refractivity contribution in [3.63, 3.8) is 0 Å². The van der Waals surface area contributed by atoms with Gasteiger partial charge in [-0.15, -0.1) is 0 Å². The molecule has 0 amide bonds. The zero-order valence-corrected chi connectivity index (χ0v) is 33.9. The Labute approximate surface area is 297 Å². The number of hydrogen-bond acceptors (Lipinski definition) is 4. The van der Waals surface area contributed by atoms with Crippen LogP contribution in [0.25, 0.3) is 0 Å². The van der Waals surface area contributed by atoms with E-state index in [2.05, 4.69) is 29.9 Å². The van der Waals surface area contributed by atoms with Crippen molar-refractivity contribution in [1.82, 2.24) is 0 Å². The van der Waals surface area contributed by atoms with Gasteiger partial charge < -0.3 is 18.8 Å². The number of nitrogens with one attached hydrogen (secondary N) is 1. The zero-order valence-electron chi connectivity index (χ0n) is 33.0. The minimum absolute atomic E-state index is 0.126. The van der Waals surface area contributed by atoms with E-state index in [-0.39, 0.29) is 13.2 Å². The predicted octanol–water partition coefficient (Wildman–Crippen LogP) is 12.6. The molecular formula is C41H88NO4P. The Bertz CT molecular complexity index is 560. The molecule has 0 aromatic rings. The Balaban J connectivity index is 0. The minimum atomic E-state index is -3.94. The lowest BCUT2D eigenvalue weighted by Crippen LogP contribution is -3.09. The van der Waals surface area contributed by atoms with E-state index in [1.807, 2.05) is 0 Å². The van der Waals surface area contributed by atoms with Gasteiger partial charge in [0, 0.05) is 0 Å². The molecule has 0 spiro atoms. The van der Waals surface area contributed by atoms with Crippen LogP contribution < -0.4 is 9.79 Å². The lowest BCUT2D eigenvalue weighted by atomic mass is 10.0. The summed E-state index contributed by atoms with van der Waals surface area (Å²) in [5.41, 5.74) is 0. The summed E-state index contributed by atoms with van der Waals surface area (Å²) in [5.74, 6) is 0. The van der Waals surface area contributed by atoms with Crippen LogP contribution in [0.3, 0.4) is 0 Å². The molecule has 0 aliphatic carbocycles. The van der Waals surface area contributed by atoms with E-state index < -0.39 is 7.82 Å². The molecule has 0 saturated carbocycles. The maximum Gasteiger partial charge on any atom is 0.267 e. The summed E-state index contributed by atoms with van der Waals surface area (Å²) in [6.45, 7) is 10.8. The first-order valence-corrected chi connectivity index (χ1v) is 22.8. The average Bonchev–Trinajstić information content (AvgIpc) is 3.04. The Hall–Kier alpha value is 0.0700. The summed E-state index contributed by atoms with van der Waals surface area (Å²) in [4.78, 5) is 12.2. The monoisotopic (exact) mass is 690 g/mol. The van der Waals surface area contributed by atoms with Gasteiger partial charge in [0.2, 0.25) is 0 Å². The highest BCUT2D eigenvalue weighted by molar-refractivity contribution is 7.45. The molecule has 0 radical (unpaired) electrons. The van der Waals surface area contributed by atoms with Crippen molar-refractivity contribution in [3.8, 4) is 0 Å².